The van der Waals surface area contributed by atoms with Crippen LogP contribution >= 0.6 is 0 Å². The van der Waals surface area contributed by atoms with Crippen LogP contribution in [-0.4, -0.2) is 16.1 Å². The molecule has 0 aliphatic heterocycles. The lowest BCUT2D eigenvalue weighted by molar-refractivity contribution is 0.234. The van der Waals surface area contributed by atoms with E-state index < -0.39 is 17.5 Å². The van der Waals surface area contributed by atoms with Crippen LogP contribution in [0, 0.1) is 17.5 Å². The first-order valence-electron chi connectivity index (χ1n) is 6.07. The van der Waals surface area contributed by atoms with E-state index in [-0.39, 0.29) is 29.2 Å². The summed E-state index contributed by atoms with van der Waals surface area (Å²) in [7, 11) is 0. The number of benzene rings is 1. The van der Waals surface area contributed by atoms with E-state index in [0.717, 1.165) is 6.33 Å². The summed E-state index contributed by atoms with van der Waals surface area (Å²) in [4.78, 5) is 7.67. The molecular weight excluding hydrogens is 285 g/mol. The van der Waals surface area contributed by atoms with Crippen molar-refractivity contribution < 1.29 is 17.9 Å². The molecule has 1 aromatic heterocycles. The molecule has 0 fully saturated rings. The van der Waals surface area contributed by atoms with Crippen molar-refractivity contribution >= 4 is 17.2 Å². The summed E-state index contributed by atoms with van der Waals surface area (Å²) in [6.45, 7) is 3.56. The second-order valence-electron chi connectivity index (χ2n) is 4.48. The second-order valence-corrected chi connectivity index (χ2v) is 4.48. The van der Waals surface area contributed by atoms with Gasteiger partial charge in [-0.05, 0) is 13.8 Å². The van der Waals surface area contributed by atoms with E-state index in [0.29, 0.717) is 12.1 Å². The van der Waals surface area contributed by atoms with Crippen molar-refractivity contribution in [1.82, 2.24) is 9.97 Å². The van der Waals surface area contributed by atoms with Crippen LogP contribution in [0.15, 0.2) is 18.5 Å². The number of nitrogen functional groups attached to an aromatic ring is 1. The Morgan fingerprint density at radius 3 is 2.43 bits per heavy atom. The zero-order valence-electron chi connectivity index (χ0n) is 11.3. The molecule has 0 bridgehead atoms. The van der Waals surface area contributed by atoms with Crippen molar-refractivity contribution in [1.29, 1.82) is 0 Å². The van der Waals surface area contributed by atoms with Crippen molar-refractivity contribution in [3.05, 3.63) is 35.9 Å². The molecule has 0 atom stereocenters. The smallest absolute Gasteiger partial charge is 0.242 e. The third-order valence-corrected chi connectivity index (χ3v) is 2.46. The summed E-state index contributed by atoms with van der Waals surface area (Å²) < 4.78 is 44.9. The van der Waals surface area contributed by atoms with Crippen LogP contribution < -0.4 is 15.8 Å². The van der Waals surface area contributed by atoms with Crippen molar-refractivity contribution in [3.8, 4) is 5.88 Å². The second kappa shape index (κ2) is 5.86. The largest absolute Gasteiger partial charge is 0.473 e. The van der Waals surface area contributed by atoms with Crippen LogP contribution in [0.3, 0.4) is 0 Å². The van der Waals surface area contributed by atoms with Gasteiger partial charge in [-0.1, -0.05) is 0 Å². The molecule has 112 valence electrons. The molecule has 0 aliphatic carbocycles. The van der Waals surface area contributed by atoms with Crippen molar-refractivity contribution in [2.75, 3.05) is 11.1 Å². The van der Waals surface area contributed by atoms with Gasteiger partial charge in [-0.15, -0.1) is 0 Å². The third kappa shape index (κ3) is 3.33. The number of aromatic nitrogens is 2. The molecule has 0 aliphatic rings. The molecule has 0 radical (unpaired) electrons. The monoisotopic (exact) mass is 298 g/mol. The lowest BCUT2D eigenvalue weighted by atomic mass is 10.2. The maximum Gasteiger partial charge on any atom is 0.242 e. The predicted octanol–water partition coefficient (Wildman–Crippen LogP) is 3.01. The molecule has 0 unspecified atom stereocenters. The number of rotatable bonds is 4. The summed E-state index contributed by atoms with van der Waals surface area (Å²) in [5.41, 5.74) is 5.54. The highest BCUT2D eigenvalue weighted by Crippen LogP contribution is 2.29. The minimum Gasteiger partial charge on any atom is -0.473 e. The Labute approximate surface area is 119 Å². The van der Waals surface area contributed by atoms with Crippen LogP contribution in [0.25, 0.3) is 0 Å². The lowest BCUT2D eigenvalue weighted by Gasteiger charge is -2.14. The van der Waals surface area contributed by atoms with E-state index in [9.17, 15) is 13.2 Å². The minimum absolute atomic E-state index is 0.0329. The zero-order chi connectivity index (χ0) is 15.6. The molecular formula is C13H13F3N4O. The van der Waals surface area contributed by atoms with Crippen molar-refractivity contribution in [3.63, 3.8) is 0 Å². The highest BCUT2D eigenvalue weighted by Gasteiger charge is 2.14. The van der Waals surface area contributed by atoms with Gasteiger partial charge >= 0.3 is 0 Å². The Hall–Kier alpha value is -2.51. The number of nitrogens with two attached hydrogens (primary N) is 1. The third-order valence-electron chi connectivity index (χ3n) is 2.46. The molecule has 21 heavy (non-hydrogen) atoms. The maximum absolute atomic E-state index is 13.6. The summed E-state index contributed by atoms with van der Waals surface area (Å²) in [5.74, 6) is -3.29. The number of anilines is 3. The average Bonchev–Trinajstić information content (AvgIpc) is 2.40. The average molecular weight is 298 g/mol. The van der Waals surface area contributed by atoms with Crippen LogP contribution in [0.2, 0.25) is 0 Å². The fourth-order valence-corrected chi connectivity index (χ4v) is 1.54. The molecule has 2 rings (SSSR count). The number of nitrogens with one attached hydrogen (secondary N) is 1. The number of ether oxygens (including phenoxy) is 1. The van der Waals surface area contributed by atoms with Gasteiger partial charge in [0.25, 0.3) is 0 Å². The standard InChI is InChI=1S/C13H13F3N4O/c1-6(2)21-13-11(17)12(18-5-19-13)20-10-4-8(15)7(14)3-9(10)16/h3-6H,17H2,1-2H3,(H,18,19,20). The SMILES string of the molecule is CC(C)Oc1ncnc(Nc2cc(F)c(F)cc2F)c1N. The Kier molecular flexibility index (Phi) is 4.15. The molecule has 1 heterocycles. The quantitative estimate of drug-likeness (QED) is 0.849. The fraction of sp³-hybridized carbons (Fsp3) is 0.231. The van der Waals surface area contributed by atoms with Crippen LogP contribution in [-0.2, 0) is 0 Å². The molecule has 3 N–H and O–H groups in total. The Morgan fingerprint density at radius 2 is 1.76 bits per heavy atom. The first-order valence-corrected chi connectivity index (χ1v) is 6.07. The molecule has 0 amide bonds. The number of hydrogen-bond acceptors (Lipinski definition) is 5. The summed E-state index contributed by atoms with van der Waals surface area (Å²) in [6, 6.07) is 1.11. The fourth-order valence-electron chi connectivity index (χ4n) is 1.54. The van der Waals surface area contributed by atoms with Gasteiger partial charge in [0.15, 0.2) is 17.5 Å². The molecule has 5 nitrogen and oxygen atoms in total. The minimum atomic E-state index is -1.28. The van der Waals surface area contributed by atoms with E-state index in [1.807, 2.05) is 0 Å². The lowest BCUT2D eigenvalue weighted by Crippen LogP contribution is -2.11. The first-order chi connectivity index (χ1) is 9.88. The van der Waals surface area contributed by atoms with E-state index in [2.05, 4.69) is 15.3 Å². The van der Waals surface area contributed by atoms with Crippen LogP contribution in [0.4, 0.5) is 30.4 Å². The Morgan fingerprint density at radius 1 is 1.10 bits per heavy atom. The van der Waals surface area contributed by atoms with Gasteiger partial charge in [0.2, 0.25) is 5.88 Å². The first kappa shape index (κ1) is 14.9. The number of halogens is 3. The van der Waals surface area contributed by atoms with Gasteiger partial charge < -0.3 is 15.8 Å². The van der Waals surface area contributed by atoms with Gasteiger partial charge in [-0.25, -0.2) is 18.2 Å². The Balaban J connectivity index is 2.34. The van der Waals surface area contributed by atoms with Gasteiger partial charge in [0.1, 0.15) is 17.8 Å². The summed E-state index contributed by atoms with van der Waals surface area (Å²) in [5, 5.41) is 2.48. The van der Waals surface area contributed by atoms with Crippen LogP contribution in [0.5, 0.6) is 5.88 Å². The van der Waals surface area contributed by atoms with Crippen molar-refractivity contribution in [2.24, 2.45) is 0 Å². The summed E-state index contributed by atoms with van der Waals surface area (Å²) in [6.07, 6.45) is 0.990. The molecule has 1 aromatic carbocycles. The summed E-state index contributed by atoms with van der Waals surface area (Å²) >= 11 is 0. The van der Waals surface area contributed by atoms with Gasteiger partial charge in [0.05, 0.1) is 11.8 Å². The van der Waals surface area contributed by atoms with Gasteiger partial charge in [0, 0.05) is 12.1 Å². The van der Waals surface area contributed by atoms with E-state index in [1.54, 1.807) is 13.8 Å². The normalized spacial score (nSPS) is 10.8. The maximum atomic E-state index is 13.6. The predicted molar refractivity (Wildman–Crippen MR) is 71.8 cm³/mol. The van der Waals surface area contributed by atoms with E-state index in [1.165, 1.54) is 0 Å². The molecule has 2 aromatic rings. The molecule has 0 saturated carbocycles. The number of hydrogen-bond donors (Lipinski definition) is 2. The van der Waals surface area contributed by atoms with E-state index in [4.69, 9.17) is 10.5 Å². The van der Waals surface area contributed by atoms with Crippen molar-refractivity contribution in [2.45, 2.75) is 20.0 Å². The molecule has 8 heteroatoms. The highest BCUT2D eigenvalue weighted by molar-refractivity contribution is 5.72. The Bertz CT molecular complexity index is 664. The molecule has 0 spiro atoms. The van der Waals surface area contributed by atoms with Crippen LogP contribution in [0.1, 0.15) is 13.8 Å². The highest BCUT2D eigenvalue weighted by atomic mass is 19.2. The van der Waals surface area contributed by atoms with Gasteiger partial charge in [-0.3, -0.25) is 0 Å². The number of nitrogens with zero attached hydrogens (tertiary/aromatic N) is 2. The topological polar surface area (TPSA) is 73.1 Å². The van der Waals surface area contributed by atoms with E-state index >= 15 is 0 Å². The zero-order valence-corrected chi connectivity index (χ0v) is 11.3. The molecule has 0 saturated heterocycles. The van der Waals surface area contributed by atoms with Gasteiger partial charge in [-0.2, -0.15) is 4.98 Å².